The molecule has 0 amide bonds. The number of hydrogen-bond donors (Lipinski definition) is 1. The van der Waals surface area contributed by atoms with Gasteiger partial charge in [-0.2, -0.15) is 0 Å². The highest BCUT2D eigenvalue weighted by Crippen LogP contribution is 2.22. The van der Waals surface area contributed by atoms with Gasteiger partial charge in [-0.15, -0.1) is 0 Å². The molecule has 0 aliphatic heterocycles. The standard InChI is InChI=1S/C14H12BrF2N/c1-9-5-6-11(15)7-13(9)18-8-10-3-2-4-12(16)14(10)17/h2-7,18H,8H2,1H3. The molecule has 1 N–H and O–H groups in total. The van der Waals surface area contributed by atoms with Crippen LogP contribution in [0.2, 0.25) is 0 Å². The van der Waals surface area contributed by atoms with E-state index in [-0.39, 0.29) is 6.54 Å². The second-order valence-electron chi connectivity index (χ2n) is 4.03. The maximum absolute atomic E-state index is 13.5. The third-order valence-corrected chi connectivity index (χ3v) is 3.19. The summed E-state index contributed by atoms with van der Waals surface area (Å²) in [5.41, 5.74) is 2.26. The van der Waals surface area contributed by atoms with Crippen LogP contribution in [0.1, 0.15) is 11.1 Å². The molecule has 18 heavy (non-hydrogen) atoms. The Morgan fingerprint density at radius 2 is 1.94 bits per heavy atom. The fraction of sp³-hybridized carbons (Fsp3) is 0.143. The van der Waals surface area contributed by atoms with Gasteiger partial charge >= 0.3 is 0 Å². The molecular weight excluding hydrogens is 300 g/mol. The number of benzene rings is 2. The van der Waals surface area contributed by atoms with E-state index in [1.807, 2.05) is 25.1 Å². The third-order valence-electron chi connectivity index (χ3n) is 2.70. The van der Waals surface area contributed by atoms with Gasteiger partial charge in [0.05, 0.1) is 0 Å². The second-order valence-corrected chi connectivity index (χ2v) is 4.94. The highest BCUT2D eigenvalue weighted by molar-refractivity contribution is 9.10. The van der Waals surface area contributed by atoms with Gasteiger partial charge in [0, 0.05) is 22.3 Å². The first kappa shape index (κ1) is 13.0. The van der Waals surface area contributed by atoms with Crippen molar-refractivity contribution in [1.82, 2.24) is 0 Å². The predicted octanol–water partition coefficient (Wildman–Crippen LogP) is 4.65. The zero-order chi connectivity index (χ0) is 13.1. The minimum Gasteiger partial charge on any atom is -0.381 e. The monoisotopic (exact) mass is 311 g/mol. The fourth-order valence-corrected chi connectivity index (χ4v) is 2.02. The Balaban J connectivity index is 2.16. The van der Waals surface area contributed by atoms with Gasteiger partial charge in [0.1, 0.15) is 0 Å². The number of nitrogens with one attached hydrogen (secondary N) is 1. The third kappa shape index (κ3) is 2.88. The fourth-order valence-electron chi connectivity index (χ4n) is 1.66. The van der Waals surface area contributed by atoms with Crippen molar-refractivity contribution in [1.29, 1.82) is 0 Å². The number of aryl methyl sites for hydroxylation is 1. The van der Waals surface area contributed by atoms with Crippen molar-refractivity contribution < 1.29 is 8.78 Å². The summed E-state index contributed by atoms with van der Waals surface area (Å²) in [6, 6.07) is 9.98. The largest absolute Gasteiger partial charge is 0.381 e. The van der Waals surface area contributed by atoms with E-state index in [2.05, 4.69) is 21.2 Å². The van der Waals surface area contributed by atoms with Crippen LogP contribution in [0.3, 0.4) is 0 Å². The summed E-state index contributed by atoms with van der Waals surface area (Å²) in [6.45, 7) is 2.21. The molecular formula is C14H12BrF2N. The first-order chi connectivity index (χ1) is 8.58. The lowest BCUT2D eigenvalue weighted by Crippen LogP contribution is -2.04. The normalized spacial score (nSPS) is 10.4. The first-order valence-electron chi connectivity index (χ1n) is 5.51. The molecule has 0 fully saturated rings. The van der Waals surface area contributed by atoms with E-state index in [0.29, 0.717) is 5.56 Å². The van der Waals surface area contributed by atoms with Crippen LogP contribution in [0.4, 0.5) is 14.5 Å². The molecule has 0 heterocycles. The molecule has 0 aromatic heterocycles. The van der Waals surface area contributed by atoms with E-state index in [1.165, 1.54) is 6.07 Å². The lowest BCUT2D eigenvalue weighted by atomic mass is 10.1. The summed E-state index contributed by atoms with van der Waals surface area (Å²) < 4.78 is 27.4. The topological polar surface area (TPSA) is 12.0 Å². The van der Waals surface area contributed by atoms with Gasteiger partial charge in [0.2, 0.25) is 0 Å². The summed E-state index contributed by atoms with van der Waals surface area (Å²) in [4.78, 5) is 0. The van der Waals surface area contributed by atoms with Gasteiger partial charge in [-0.25, -0.2) is 8.78 Å². The van der Waals surface area contributed by atoms with Gasteiger partial charge in [0.25, 0.3) is 0 Å². The van der Waals surface area contributed by atoms with Crippen LogP contribution in [0.5, 0.6) is 0 Å². The molecule has 0 bridgehead atoms. The van der Waals surface area contributed by atoms with E-state index >= 15 is 0 Å². The van der Waals surface area contributed by atoms with E-state index < -0.39 is 11.6 Å². The SMILES string of the molecule is Cc1ccc(Br)cc1NCc1cccc(F)c1F. The summed E-state index contributed by atoms with van der Waals surface area (Å²) in [7, 11) is 0. The Labute approximate surface area is 113 Å². The Hall–Kier alpha value is -1.42. The molecule has 2 rings (SSSR count). The van der Waals surface area contributed by atoms with Gasteiger partial charge in [-0.05, 0) is 30.7 Å². The van der Waals surface area contributed by atoms with Crippen LogP contribution in [0.15, 0.2) is 40.9 Å². The van der Waals surface area contributed by atoms with Crippen molar-refractivity contribution >= 4 is 21.6 Å². The molecule has 94 valence electrons. The molecule has 0 saturated heterocycles. The highest BCUT2D eigenvalue weighted by atomic mass is 79.9. The molecule has 0 radical (unpaired) electrons. The van der Waals surface area contributed by atoms with Crippen LogP contribution >= 0.6 is 15.9 Å². The van der Waals surface area contributed by atoms with Gasteiger partial charge < -0.3 is 5.32 Å². The maximum Gasteiger partial charge on any atom is 0.163 e. The van der Waals surface area contributed by atoms with Gasteiger partial charge in [-0.1, -0.05) is 34.1 Å². The molecule has 0 aliphatic rings. The minimum absolute atomic E-state index is 0.251. The first-order valence-corrected chi connectivity index (χ1v) is 6.30. The molecule has 0 atom stereocenters. The Kier molecular flexibility index (Phi) is 3.97. The predicted molar refractivity (Wildman–Crippen MR) is 72.6 cm³/mol. The summed E-state index contributed by atoms with van der Waals surface area (Å²) in [5, 5.41) is 3.10. The average molecular weight is 312 g/mol. The number of rotatable bonds is 3. The highest BCUT2D eigenvalue weighted by Gasteiger charge is 2.07. The molecule has 2 aromatic rings. The molecule has 0 aliphatic carbocycles. The van der Waals surface area contributed by atoms with Crippen molar-refractivity contribution in [2.75, 3.05) is 5.32 Å². The van der Waals surface area contributed by atoms with Crippen molar-refractivity contribution in [2.24, 2.45) is 0 Å². The van der Waals surface area contributed by atoms with Gasteiger partial charge in [-0.3, -0.25) is 0 Å². The van der Waals surface area contributed by atoms with Crippen LogP contribution in [0, 0.1) is 18.6 Å². The van der Waals surface area contributed by atoms with Crippen molar-refractivity contribution in [3.8, 4) is 0 Å². The number of halogens is 3. The zero-order valence-corrected chi connectivity index (χ0v) is 11.4. The van der Waals surface area contributed by atoms with Crippen LogP contribution in [-0.2, 0) is 6.54 Å². The summed E-state index contributed by atoms with van der Waals surface area (Å²) >= 11 is 3.37. The smallest absolute Gasteiger partial charge is 0.163 e. The molecule has 0 unspecified atom stereocenters. The molecule has 1 nitrogen and oxygen atoms in total. The maximum atomic E-state index is 13.5. The lowest BCUT2D eigenvalue weighted by molar-refractivity contribution is 0.500. The zero-order valence-electron chi connectivity index (χ0n) is 9.81. The van der Waals surface area contributed by atoms with Crippen LogP contribution in [0.25, 0.3) is 0 Å². The minimum atomic E-state index is -0.819. The second kappa shape index (κ2) is 5.48. The van der Waals surface area contributed by atoms with Crippen molar-refractivity contribution in [3.63, 3.8) is 0 Å². The quantitative estimate of drug-likeness (QED) is 0.870. The summed E-state index contributed by atoms with van der Waals surface area (Å²) in [5.74, 6) is -1.61. The average Bonchev–Trinajstić information content (AvgIpc) is 2.35. The van der Waals surface area contributed by atoms with Gasteiger partial charge in [0.15, 0.2) is 11.6 Å². The summed E-state index contributed by atoms with van der Waals surface area (Å²) in [6.07, 6.45) is 0. The lowest BCUT2D eigenvalue weighted by Gasteiger charge is -2.11. The number of hydrogen-bond acceptors (Lipinski definition) is 1. The van der Waals surface area contributed by atoms with Crippen molar-refractivity contribution in [2.45, 2.75) is 13.5 Å². The van der Waals surface area contributed by atoms with E-state index in [9.17, 15) is 8.78 Å². The van der Waals surface area contributed by atoms with E-state index in [4.69, 9.17) is 0 Å². The number of anilines is 1. The molecule has 4 heteroatoms. The van der Waals surface area contributed by atoms with Crippen LogP contribution < -0.4 is 5.32 Å². The Morgan fingerprint density at radius 3 is 2.72 bits per heavy atom. The Bertz CT molecular complexity index is 568. The molecule has 0 spiro atoms. The molecule has 2 aromatic carbocycles. The molecule has 0 saturated carbocycles. The van der Waals surface area contributed by atoms with Crippen LogP contribution in [-0.4, -0.2) is 0 Å². The van der Waals surface area contributed by atoms with E-state index in [0.717, 1.165) is 21.8 Å². The van der Waals surface area contributed by atoms with E-state index in [1.54, 1.807) is 6.07 Å². The Morgan fingerprint density at radius 1 is 1.17 bits per heavy atom. The van der Waals surface area contributed by atoms with Crippen molar-refractivity contribution in [3.05, 3.63) is 63.6 Å².